The number of aromatic nitrogens is 1. The summed E-state index contributed by atoms with van der Waals surface area (Å²) in [5.74, 6) is 0.790. The third-order valence-electron chi connectivity index (χ3n) is 1.64. The minimum absolute atomic E-state index is 0.658. The Kier molecular flexibility index (Phi) is 3.27. The van der Waals surface area contributed by atoms with Crippen molar-refractivity contribution in [1.82, 2.24) is 4.98 Å². The molecule has 0 radical (unpaired) electrons. The maximum Gasteiger partial charge on any atom is 0.127 e. The zero-order valence-electron chi connectivity index (χ0n) is 7.96. The number of pyridine rings is 1. The molecule has 0 bridgehead atoms. The molecule has 1 aromatic heterocycles. The molecular formula is C10H13N3. The summed E-state index contributed by atoms with van der Waals surface area (Å²) >= 11 is 0. The molecule has 0 atom stereocenters. The minimum Gasteiger partial charge on any atom is -0.370 e. The molecule has 0 aliphatic rings. The van der Waals surface area contributed by atoms with Gasteiger partial charge in [-0.2, -0.15) is 5.26 Å². The van der Waals surface area contributed by atoms with Crippen LogP contribution in [0.3, 0.4) is 0 Å². The van der Waals surface area contributed by atoms with E-state index in [4.69, 9.17) is 5.26 Å². The maximum atomic E-state index is 8.71. The molecule has 68 valence electrons. The van der Waals surface area contributed by atoms with Crippen LogP contribution in [0.25, 0.3) is 0 Å². The Labute approximate surface area is 78.4 Å². The van der Waals surface area contributed by atoms with E-state index in [1.54, 1.807) is 12.1 Å². The van der Waals surface area contributed by atoms with Gasteiger partial charge in [0, 0.05) is 12.2 Å². The third kappa shape index (κ3) is 2.75. The van der Waals surface area contributed by atoms with Crippen LogP contribution in [0.1, 0.15) is 24.6 Å². The maximum absolute atomic E-state index is 8.71. The first kappa shape index (κ1) is 9.53. The van der Waals surface area contributed by atoms with E-state index in [2.05, 4.69) is 23.3 Å². The second-order valence-corrected chi connectivity index (χ2v) is 2.92. The highest BCUT2D eigenvalue weighted by atomic mass is 15.0. The molecule has 1 N–H and O–H groups in total. The van der Waals surface area contributed by atoms with Gasteiger partial charge in [-0.1, -0.05) is 6.92 Å². The topological polar surface area (TPSA) is 48.7 Å². The first-order valence-corrected chi connectivity index (χ1v) is 4.39. The SMILES string of the molecule is CCCNc1cc(C#N)cc(C)n1. The van der Waals surface area contributed by atoms with Gasteiger partial charge in [-0.25, -0.2) is 4.98 Å². The Balaban J connectivity index is 2.83. The molecule has 0 saturated carbocycles. The summed E-state index contributed by atoms with van der Waals surface area (Å²) in [4.78, 5) is 4.26. The molecule has 3 nitrogen and oxygen atoms in total. The molecule has 0 aromatic carbocycles. The molecule has 13 heavy (non-hydrogen) atoms. The number of anilines is 1. The smallest absolute Gasteiger partial charge is 0.127 e. The van der Waals surface area contributed by atoms with Crippen molar-refractivity contribution in [2.75, 3.05) is 11.9 Å². The molecule has 0 spiro atoms. The van der Waals surface area contributed by atoms with Crippen LogP contribution in [0.4, 0.5) is 5.82 Å². The van der Waals surface area contributed by atoms with Gasteiger partial charge in [0.05, 0.1) is 11.6 Å². The predicted molar refractivity (Wildman–Crippen MR) is 52.5 cm³/mol. The van der Waals surface area contributed by atoms with Crippen molar-refractivity contribution in [3.05, 3.63) is 23.4 Å². The number of nitrogens with zero attached hydrogens (tertiary/aromatic N) is 2. The van der Waals surface area contributed by atoms with Gasteiger partial charge in [0.15, 0.2) is 0 Å². The van der Waals surface area contributed by atoms with Crippen LogP contribution in [0, 0.1) is 18.3 Å². The lowest BCUT2D eigenvalue weighted by Crippen LogP contribution is -2.02. The molecule has 0 aliphatic heterocycles. The Bertz CT molecular complexity index is 325. The summed E-state index contributed by atoms with van der Waals surface area (Å²) in [7, 11) is 0. The number of nitrogens with one attached hydrogen (secondary N) is 1. The lowest BCUT2D eigenvalue weighted by molar-refractivity contribution is 0.965. The van der Waals surface area contributed by atoms with Crippen LogP contribution >= 0.6 is 0 Å². The Morgan fingerprint density at radius 1 is 1.54 bits per heavy atom. The second kappa shape index (κ2) is 4.46. The van der Waals surface area contributed by atoms with Crippen LogP contribution in [-0.2, 0) is 0 Å². The Morgan fingerprint density at radius 2 is 2.31 bits per heavy atom. The van der Waals surface area contributed by atoms with Gasteiger partial charge >= 0.3 is 0 Å². The molecule has 0 aliphatic carbocycles. The summed E-state index contributed by atoms with van der Waals surface area (Å²) < 4.78 is 0. The molecule has 1 heterocycles. The van der Waals surface area contributed by atoms with Gasteiger partial charge in [0.25, 0.3) is 0 Å². The summed E-state index contributed by atoms with van der Waals surface area (Å²) in [6, 6.07) is 5.65. The zero-order valence-corrected chi connectivity index (χ0v) is 7.96. The Morgan fingerprint density at radius 3 is 2.92 bits per heavy atom. The van der Waals surface area contributed by atoms with Crippen LogP contribution in [0.5, 0.6) is 0 Å². The van der Waals surface area contributed by atoms with Gasteiger partial charge in [-0.15, -0.1) is 0 Å². The van der Waals surface area contributed by atoms with E-state index in [1.165, 1.54) is 0 Å². The number of hydrogen-bond acceptors (Lipinski definition) is 3. The van der Waals surface area contributed by atoms with Gasteiger partial charge in [-0.3, -0.25) is 0 Å². The fourth-order valence-corrected chi connectivity index (χ4v) is 1.08. The van der Waals surface area contributed by atoms with E-state index in [-0.39, 0.29) is 0 Å². The molecular weight excluding hydrogens is 162 g/mol. The van der Waals surface area contributed by atoms with E-state index in [0.717, 1.165) is 24.5 Å². The van der Waals surface area contributed by atoms with Crippen molar-refractivity contribution in [3.8, 4) is 6.07 Å². The molecule has 0 unspecified atom stereocenters. The average molecular weight is 175 g/mol. The lowest BCUT2D eigenvalue weighted by Gasteiger charge is -2.04. The van der Waals surface area contributed by atoms with E-state index in [9.17, 15) is 0 Å². The first-order chi connectivity index (χ1) is 6.26. The summed E-state index contributed by atoms with van der Waals surface area (Å²) in [5, 5.41) is 11.9. The van der Waals surface area contributed by atoms with Gasteiger partial charge < -0.3 is 5.32 Å². The molecule has 0 amide bonds. The van der Waals surface area contributed by atoms with Crippen molar-refractivity contribution in [2.24, 2.45) is 0 Å². The van der Waals surface area contributed by atoms with E-state index in [1.807, 2.05) is 6.92 Å². The molecule has 3 heteroatoms. The fourth-order valence-electron chi connectivity index (χ4n) is 1.08. The highest BCUT2D eigenvalue weighted by molar-refractivity contribution is 5.44. The average Bonchev–Trinajstić information content (AvgIpc) is 2.14. The number of hydrogen-bond donors (Lipinski definition) is 1. The van der Waals surface area contributed by atoms with Crippen LogP contribution in [0.2, 0.25) is 0 Å². The molecule has 1 aromatic rings. The standard InChI is InChI=1S/C10H13N3/c1-3-4-12-10-6-9(7-11)5-8(2)13-10/h5-6H,3-4H2,1-2H3,(H,12,13). The normalized spacial score (nSPS) is 9.31. The number of aryl methyl sites for hydroxylation is 1. The van der Waals surface area contributed by atoms with Crippen molar-refractivity contribution < 1.29 is 0 Å². The fraction of sp³-hybridized carbons (Fsp3) is 0.400. The highest BCUT2D eigenvalue weighted by Crippen LogP contribution is 2.08. The monoisotopic (exact) mass is 175 g/mol. The van der Waals surface area contributed by atoms with Crippen LogP contribution in [-0.4, -0.2) is 11.5 Å². The molecule has 0 saturated heterocycles. The first-order valence-electron chi connectivity index (χ1n) is 4.39. The van der Waals surface area contributed by atoms with Crippen LogP contribution in [0.15, 0.2) is 12.1 Å². The van der Waals surface area contributed by atoms with E-state index in [0.29, 0.717) is 5.56 Å². The van der Waals surface area contributed by atoms with Crippen molar-refractivity contribution in [2.45, 2.75) is 20.3 Å². The number of nitriles is 1. The largest absolute Gasteiger partial charge is 0.370 e. The van der Waals surface area contributed by atoms with Gasteiger partial charge in [0.2, 0.25) is 0 Å². The van der Waals surface area contributed by atoms with Crippen molar-refractivity contribution in [3.63, 3.8) is 0 Å². The summed E-state index contributed by atoms with van der Waals surface area (Å²) in [6.07, 6.45) is 1.05. The summed E-state index contributed by atoms with van der Waals surface area (Å²) in [5.41, 5.74) is 1.53. The minimum atomic E-state index is 0.658. The quantitative estimate of drug-likeness (QED) is 0.765. The van der Waals surface area contributed by atoms with Crippen molar-refractivity contribution in [1.29, 1.82) is 5.26 Å². The lowest BCUT2D eigenvalue weighted by atomic mass is 10.2. The van der Waals surface area contributed by atoms with E-state index < -0.39 is 0 Å². The van der Waals surface area contributed by atoms with Crippen molar-refractivity contribution >= 4 is 5.82 Å². The second-order valence-electron chi connectivity index (χ2n) is 2.92. The third-order valence-corrected chi connectivity index (χ3v) is 1.64. The number of rotatable bonds is 3. The predicted octanol–water partition coefficient (Wildman–Crippen LogP) is 2.08. The van der Waals surface area contributed by atoms with Crippen LogP contribution < -0.4 is 5.32 Å². The molecule has 0 fully saturated rings. The van der Waals surface area contributed by atoms with Gasteiger partial charge in [-0.05, 0) is 25.5 Å². The van der Waals surface area contributed by atoms with E-state index >= 15 is 0 Å². The zero-order chi connectivity index (χ0) is 9.68. The van der Waals surface area contributed by atoms with Gasteiger partial charge in [0.1, 0.15) is 5.82 Å². The summed E-state index contributed by atoms with van der Waals surface area (Å²) in [6.45, 7) is 4.87. The molecule has 1 rings (SSSR count). The Hall–Kier alpha value is -1.56. The highest BCUT2D eigenvalue weighted by Gasteiger charge is 1.97.